The number of aromatic nitrogens is 3. The summed E-state index contributed by atoms with van der Waals surface area (Å²) in [5, 5.41) is 17.4. The van der Waals surface area contributed by atoms with E-state index in [1.54, 1.807) is 15.9 Å². The number of piperidine rings is 1. The smallest absolute Gasteiger partial charge is 0.314 e. The molecular formula is C19H25N4O3S2+. The van der Waals surface area contributed by atoms with Gasteiger partial charge < -0.3 is 14.7 Å². The van der Waals surface area contributed by atoms with Gasteiger partial charge in [-0.2, -0.15) is 4.52 Å². The zero-order valence-electron chi connectivity index (χ0n) is 16.1. The Labute approximate surface area is 171 Å². The number of esters is 1. The number of thiophene rings is 1. The number of nitrogens with zero attached hydrogens (tertiary/aromatic N) is 3. The molecule has 0 aliphatic carbocycles. The molecule has 7 nitrogen and oxygen atoms in total. The second kappa shape index (κ2) is 8.18. The highest BCUT2D eigenvalue weighted by atomic mass is 32.1. The van der Waals surface area contributed by atoms with Gasteiger partial charge in [-0.3, -0.25) is 4.79 Å². The van der Waals surface area contributed by atoms with Crippen molar-refractivity contribution < 1.29 is 19.5 Å². The van der Waals surface area contributed by atoms with Gasteiger partial charge in [0.15, 0.2) is 11.9 Å². The molecule has 3 aromatic rings. The lowest BCUT2D eigenvalue weighted by Crippen LogP contribution is -3.14. The molecule has 9 heteroatoms. The highest BCUT2D eigenvalue weighted by Crippen LogP contribution is 2.36. The van der Waals surface area contributed by atoms with Crippen LogP contribution < -0.4 is 4.90 Å². The first-order valence-electron chi connectivity index (χ1n) is 9.74. The number of ether oxygens (including phenoxy) is 1. The lowest BCUT2D eigenvalue weighted by atomic mass is 9.96. The quantitative estimate of drug-likeness (QED) is 0.596. The number of fused-ring (bicyclic) bond motifs is 1. The van der Waals surface area contributed by atoms with E-state index in [2.05, 4.69) is 21.5 Å². The average molecular weight is 422 g/mol. The molecule has 1 aliphatic rings. The number of hydrogen-bond acceptors (Lipinski definition) is 7. The van der Waals surface area contributed by atoms with Crippen LogP contribution in [0.25, 0.3) is 4.96 Å². The summed E-state index contributed by atoms with van der Waals surface area (Å²) in [6.07, 6.45) is 2.55. The molecule has 1 aliphatic heterocycles. The van der Waals surface area contributed by atoms with Crippen molar-refractivity contribution in [3.05, 3.63) is 33.1 Å². The predicted octanol–water partition coefficient (Wildman–Crippen LogP) is 2.07. The largest absolute Gasteiger partial charge is 0.492 e. The molecule has 150 valence electrons. The molecule has 0 aromatic carbocycles. The lowest BCUT2D eigenvalue weighted by Gasteiger charge is -2.33. The van der Waals surface area contributed by atoms with E-state index >= 15 is 0 Å². The molecule has 0 bridgehead atoms. The van der Waals surface area contributed by atoms with Crippen LogP contribution in [0.5, 0.6) is 5.88 Å². The minimum atomic E-state index is -0.107. The van der Waals surface area contributed by atoms with E-state index in [4.69, 9.17) is 4.74 Å². The van der Waals surface area contributed by atoms with Crippen LogP contribution in [0.1, 0.15) is 48.3 Å². The van der Waals surface area contributed by atoms with E-state index in [1.165, 1.54) is 21.1 Å². The van der Waals surface area contributed by atoms with Gasteiger partial charge in [-0.05, 0) is 31.2 Å². The zero-order chi connectivity index (χ0) is 19.7. The van der Waals surface area contributed by atoms with Crippen molar-refractivity contribution in [3.8, 4) is 5.88 Å². The van der Waals surface area contributed by atoms with Crippen LogP contribution >= 0.6 is 22.7 Å². The Balaban J connectivity index is 1.70. The third kappa shape index (κ3) is 3.54. The molecular weight excluding hydrogens is 396 g/mol. The number of quaternary nitrogens is 1. The van der Waals surface area contributed by atoms with Crippen molar-refractivity contribution in [3.63, 3.8) is 0 Å². The Morgan fingerprint density at radius 2 is 2.36 bits per heavy atom. The second-order valence-electron chi connectivity index (χ2n) is 7.02. The van der Waals surface area contributed by atoms with Crippen molar-refractivity contribution in [2.75, 3.05) is 19.7 Å². The van der Waals surface area contributed by atoms with E-state index in [0.29, 0.717) is 18.1 Å². The minimum absolute atomic E-state index is 0.0317. The maximum atomic E-state index is 12.3. The Kier molecular flexibility index (Phi) is 5.65. The van der Waals surface area contributed by atoms with Gasteiger partial charge in [0, 0.05) is 6.42 Å². The predicted molar refractivity (Wildman–Crippen MR) is 108 cm³/mol. The molecule has 1 unspecified atom stereocenters. The molecule has 0 amide bonds. The van der Waals surface area contributed by atoms with Crippen LogP contribution in [0.15, 0.2) is 17.5 Å². The fourth-order valence-electron chi connectivity index (χ4n) is 3.92. The Hall–Kier alpha value is -1.97. The van der Waals surface area contributed by atoms with E-state index in [9.17, 15) is 9.90 Å². The van der Waals surface area contributed by atoms with Crippen molar-refractivity contribution in [2.45, 2.75) is 39.2 Å². The summed E-state index contributed by atoms with van der Waals surface area (Å²) in [6, 6.07) is 4.10. The summed E-state index contributed by atoms with van der Waals surface area (Å²) in [5.41, 5.74) is 0. The first kappa shape index (κ1) is 19.4. The van der Waals surface area contributed by atoms with Gasteiger partial charge >= 0.3 is 5.97 Å². The number of nitrogens with one attached hydrogen (secondary N) is 1. The second-order valence-corrected chi connectivity index (χ2v) is 9.01. The summed E-state index contributed by atoms with van der Waals surface area (Å²) in [7, 11) is 0. The number of likely N-dealkylation sites (tertiary alicyclic amines) is 1. The summed E-state index contributed by atoms with van der Waals surface area (Å²) in [6.45, 7) is 5.91. The van der Waals surface area contributed by atoms with Gasteiger partial charge in [0.1, 0.15) is 10.8 Å². The molecule has 0 spiro atoms. The number of hydrogen-bond donors (Lipinski definition) is 2. The first-order chi connectivity index (χ1) is 13.6. The number of aromatic hydroxyl groups is 1. The third-order valence-electron chi connectivity index (χ3n) is 5.24. The zero-order valence-corrected chi connectivity index (χ0v) is 17.7. The van der Waals surface area contributed by atoms with Gasteiger partial charge in [-0.15, -0.1) is 16.4 Å². The van der Waals surface area contributed by atoms with Crippen LogP contribution in [0, 0.1) is 5.92 Å². The van der Waals surface area contributed by atoms with Gasteiger partial charge in [0.25, 0.3) is 0 Å². The molecule has 3 aromatic heterocycles. The number of carbonyl (C=O) groups excluding carboxylic acids is 1. The van der Waals surface area contributed by atoms with Crippen molar-refractivity contribution in [1.82, 2.24) is 14.6 Å². The minimum Gasteiger partial charge on any atom is -0.492 e. The van der Waals surface area contributed by atoms with Gasteiger partial charge in [-0.25, -0.2) is 4.98 Å². The molecule has 4 heterocycles. The summed E-state index contributed by atoms with van der Waals surface area (Å²) in [5.74, 6) is 0.691. The van der Waals surface area contributed by atoms with Crippen LogP contribution in [-0.2, 0) is 16.0 Å². The number of thiazole rings is 1. The highest BCUT2D eigenvalue weighted by molar-refractivity contribution is 7.17. The van der Waals surface area contributed by atoms with E-state index in [-0.39, 0.29) is 23.8 Å². The Morgan fingerprint density at radius 1 is 1.50 bits per heavy atom. The third-order valence-corrected chi connectivity index (χ3v) is 7.26. The number of carbonyl (C=O) groups is 1. The first-order valence-corrected chi connectivity index (χ1v) is 11.4. The van der Waals surface area contributed by atoms with Crippen molar-refractivity contribution >= 4 is 33.6 Å². The van der Waals surface area contributed by atoms with E-state index in [1.807, 2.05) is 19.9 Å². The molecule has 3 atom stereocenters. The molecule has 1 fully saturated rings. The van der Waals surface area contributed by atoms with Crippen LogP contribution in [-0.4, -0.2) is 45.4 Å². The lowest BCUT2D eigenvalue weighted by molar-refractivity contribution is -0.932. The van der Waals surface area contributed by atoms with Crippen molar-refractivity contribution in [2.24, 2.45) is 5.92 Å². The maximum absolute atomic E-state index is 12.3. The monoisotopic (exact) mass is 421 g/mol. The number of rotatable bonds is 6. The topological polar surface area (TPSA) is 81.2 Å². The Bertz CT molecular complexity index is 950. The van der Waals surface area contributed by atoms with Gasteiger partial charge in [0.2, 0.25) is 10.8 Å². The SMILES string of the molecule is CCOC(=O)[C@H]1CCC[NH+]([C@@H](c2cccs2)c2sc3nc(CC)nn3c2O)C1. The summed E-state index contributed by atoms with van der Waals surface area (Å²) < 4.78 is 6.82. The van der Waals surface area contributed by atoms with E-state index in [0.717, 1.165) is 36.5 Å². The molecule has 1 saturated heterocycles. The Morgan fingerprint density at radius 3 is 3.04 bits per heavy atom. The average Bonchev–Trinajstić information content (AvgIpc) is 3.42. The fraction of sp³-hybridized carbons (Fsp3) is 0.526. The highest BCUT2D eigenvalue weighted by Gasteiger charge is 2.38. The molecule has 28 heavy (non-hydrogen) atoms. The fourth-order valence-corrected chi connectivity index (χ4v) is 6.04. The van der Waals surface area contributed by atoms with Crippen molar-refractivity contribution in [1.29, 1.82) is 0 Å². The number of aryl methyl sites for hydroxylation is 1. The van der Waals surface area contributed by atoms with Crippen LogP contribution in [0.4, 0.5) is 0 Å². The van der Waals surface area contributed by atoms with E-state index < -0.39 is 0 Å². The van der Waals surface area contributed by atoms with Gasteiger partial charge in [-0.1, -0.05) is 24.3 Å². The van der Waals surface area contributed by atoms with Gasteiger partial charge in [0.05, 0.1) is 24.6 Å². The standard InChI is InChI=1S/C19H24N4O3S2/c1-3-14-20-19-23(21-14)17(24)16(28-19)15(13-8-6-10-27-13)22-9-5-7-12(11-22)18(25)26-4-2/h6,8,10,12,15,24H,3-5,7,9,11H2,1-2H3/p+1/t12-,15-/m0/s1. The summed E-state index contributed by atoms with van der Waals surface area (Å²) in [4.78, 5) is 20.9. The van der Waals surface area contributed by atoms with Crippen LogP contribution in [0.2, 0.25) is 0 Å². The summed E-state index contributed by atoms with van der Waals surface area (Å²) >= 11 is 3.17. The molecule has 4 rings (SSSR count). The van der Waals surface area contributed by atoms with Crippen LogP contribution in [0.3, 0.4) is 0 Å². The maximum Gasteiger partial charge on any atom is 0.314 e. The normalized spacial score (nSPS) is 21.1. The molecule has 0 saturated carbocycles. The molecule has 2 N–H and O–H groups in total. The molecule has 0 radical (unpaired) electrons.